The monoisotopic (exact) mass is 222 g/mol. The van der Waals surface area contributed by atoms with Crippen molar-refractivity contribution in [3.8, 4) is 0 Å². The van der Waals surface area contributed by atoms with Crippen LogP contribution in [0.1, 0.15) is 32.0 Å². The Balaban J connectivity index is 2.56. The molecule has 0 saturated carbocycles. The van der Waals surface area contributed by atoms with Crippen molar-refractivity contribution in [1.29, 1.82) is 0 Å². The van der Waals surface area contributed by atoms with Gasteiger partial charge in [0.2, 0.25) is 5.16 Å². The average Bonchev–Trinajstić information content (AvgIpc) is 2.70. The molecule has 0 saturated heterocycles. The SMILES string of the molecule is CCC(C)c1ncc2cnc(SC)nn12. The highest BCUT2D eigenvalue weighted by Gasteiger charge is 2.11. The van der Waals surface area contributed by atoms with Crippen LogP contribution < -0.4 is 0 Å². The molecule has 15 heavy (non-hydrogen) atoms. The fraction of sp³-hybridized carbons (Fsp3) is 0.500. The Morgan fingerprint density at radius 3 is 2.80 bits per heavy atom. The summed E-state index contributed by atoms with van der Waals surface area (Å²) < 4.78 is 1.90. The Hall–Kier alpha value is -1.10. The van der Waals surface area contributed by atoms with E-state index in [1.54, 1.807) is 11.8 Å². The largest absolute Gasteiger partial charge is 0.239 e. The van der Waals surface area contributed by atoms with Crippen molar-refractivity contribution in [2.24, 2.45) is 0 Å². The fourth-order valence-corrected chi connectivity index (χ4v) is 1.74. The second-order valence-electron chi connectivity index (χ2n) is 3.51. The zero-order chi connectivity index (χ0) is 10.8. The summed E-state index contributed by atoms with van der Waals surface area (Å²) in [5.74, 6) is 1.45. The molecular weight excluding hydrogens is 208 g/mol. The van der Waals surface area contributed by atoms with Crippen LogP contribution in [0.3, 0.4) is 0 Å². The van der Waals surface area contributed by atoms with E-state index in [1.807, 2.05) is 23.2 Å². The average molecular weight is 222 g/mol. The highest BCUT2D eigenvalue weighted by Crippen LogP contribution is 2.18. The first-order valence-electron chi connectivity index (χ1n) is 5.01. The zero-order valence-electron chi connectivity index (χ0n) is 9.14. The van der Waals surface area contributed by atoms with E-state index in [4.69, 9.17) is 0 Å². The third kappa shape index (κ3) is 1.84. The first-order valence-corrected chi connectivity index (χ1v) is 6.23. The quantitative estimate of drug-likeness (QED) is 0.748. The molecular formula is C10H14N4S. The van der Waals surface area contributed by atoms with Crippen LogP contribution >= 0.6 is 11.8 Å². The molecule has 5 heteroatoms. The molecule has 1 atom stereocenters. The highest BCUT2D eigenvalue weighted by molar-refractivity contribution is 7.98. The number of nitrogens with zero attached hydrogens (tertiary/aromatic N) is 4. The molecule has 0 radical (unpaired) electrons. The Morgan fingerprint density at radius 2 is 2.13 bits per heavy atom. The van der Waals surface area contributed by atoms with Gasteiger partial charge in [-0.1, -0.05) is 25.6 Å². The van der Waals surface area contributed by atoms with E-state index in [1.165, 1.54) is 0 Å². The van der Waals surface area contributed by atoms with Gasteiger partial charge in [0.05, 0.1) is 12.4 Å². The number of imidazole rings is 1. The van der Waals surface area contributed by atoms with Gasteiger partial charge in [0, 0.05) is 5.92 Å². The third-order valence-corrected chi connectivity index (χ3v) is 3.07. The summed E-state index contributed by atoms with van der Waals surface area (Å²) in [6.07, 6.45) is 6.68. The van der Waals surface area contributed by atoms with Crippen LogP contribution in [0, 0.1) is 0 Å². The smallest absolute Gasteiger partial charge is 0.207 e. The lowest BCUT2D eigenvalue weighted by Crippen LogP contribution is -2.04. The van der Waals surface area contributed by atoms with Gasteiger partial charge < -0.3 is 0 Å². The fourth-order valence-electron chi connectivity index (χ4n) is 1.42. The molecule has 0 aliphatic carbocycles. The molecule has 2 rings (SSSR count). The number of hydrogen-bond acceptors (Lipinski definition) is 4. The van der Waals surface area contributed by atoms with Crippen LogP contribution in [0.5, 0.6) is 0 Å². The molecule has 2 aromatic rings. The molecule has 1 unspecified atom stereocenters. The Morgan fingerprint density at radius 1 is 1.40 bits per heavy atom. The lowest BCUT2D eigenvalue weighted by molar-refractivity contribution is 0.636. The zero-order valence-corrected chi connectivity index (χ0v) is 9.95. The summed E-state index contributed by atoms with van der Waals surface area (Å²) in [7, 11) is 0. The molecule has 80 valence electrons. The van der Waals surface area contributed by atoms with Crippen molar-refractivity contribution in [3.63, 3.8) is 0 Å². The first-order chi connectivity index (χ1) is 7.26. The van der Waals surface area contributed by atoms with Crippen molar-refractivity contribution in [2.75, 3.05) is 6.26 Å². The highest BCUT2D eigenvalue weighted by atomic mass is 32.2. The van der Waals surface area contributed by atoms with Crippen molar-refractivity contribution in [1.82, 2.24) is 19.6 Å². The summed E-state index contributed by atoms with van der Waals surface area (Å²) in [5.41, 5.74) is 0.961. The maximum atomic E-state index is 4.43. The summed E-state index contributed by atoms with van der Waals surface area (Å²) in [5, 5.41) is 5.21. The molecule has 4 nitrogen and oxygen atoms in total. The minimum Gasteiger partial charge on any atom is -0.239 e. The van der Waals surface area contributed by atoms with E-state index in [0.717, 1.165) is 22.9 Å². The molecule has 0 amide bonds. The maximum Gasteiger partial charge on any atom is 0.207 e. The Labute approximate surface area is 93.1 Å². The van der Waals surface area contributed by atoms with Gasteiger partial charge in [-0.05, 0) is 12.7 Å². The van der Waals surface area contributed by atoms with E-state index < -0.39 is 0 Å². The van der Waals surface area contributed by atoms with E-state index in [9.17, 15) is 0 Å². The molecule has 0 aliphatic rings. The lowest BCUT2D eigenvalue weighted by atomic mass is 10.1. The van der Waals surface area contributed by atoms with Crippen LogP contribution in [0.2, 0.25) is 0 Å². The van der Waals surface area contributed by atoms with E-state index >= 15 is 0 Å². The van der Waals surface area contributed by atoms with Crippen molar-refractivity contribution < 1.29 is 0 Å². The molecule has 0 N–H and O–H groups in total. The molecule has 0 fully saturated rings. The number of fused-ring (bicyclic) bond motifs is 1. The van der Waals surface area contributed by atoms with Gasteiger partial charge in [-0.2, -0.15) is 0 Å². The minimum absolute atomic E-state index is 0.428. The van der Waals surface area contributed by atoms with Crippen molar-refractivity contribution >= 4 is 17.3 Å². The minimum atomic E-state index is 0.428. The van der Waals surface area contributed by atoms with E-state index in [-0.39, 0.29) is 0 Å². The summed E-state index contributed by atoms with van der Waals surface area (Å²) in [6.45, 7) is 4.32. The number of aromatic nitrogens is 4. The van der Waals surface area contributed by atoms with Gasteiger partial charge >= 0.3 is 0 Å². The predicted octanol–water partition coefficient (Wildman–Crippen LogP) is 2.36. The predicted molar refractivity (Wildman–Crippen MR) is 61.3 cm³/mol. The molecule has 2 aromatic heterocycles. The van der Waals surface area contributed by atoms with Gasteiger partial charge in [-0.25, -0.2) is 14.5 Å². The Kier molecular flexibility index (Phi) is 2.90. The molecule has 0 aliphatic heterocycles. The summed E-state index contributed by atoms with van der Waals surface area (Å²) in [6, 6.07) is 0. The van der Waals surface area contributed by atoms with Crippen LogP contribution in [0.15, 0.2) is 17.6 Å². The maximum absolute atomic E-state index is 4.43. The Bertz CT molecular complexity index is 465. The van der Waals surface area contributed by atoms with E-state index in [2.05, 4.69) is 28.9 Å². The van der Waals surface area contributed by atoms with Gasteiger partial charge in [-0.3, -0.25) is 0 Å². The third-order valence-electron chi connectivity index (χ3n) is 2.52. The van der Waals surface area contributed by atoms with Crippen LogP contribution in [-0.2, 0) is 0 Å². The van der Waals surface area contributed by atoms with Gasteiger partial charge in [0.1, 0.15) is 11.3 Å². The molecule has 0 aromatic carbocycles. The summed E-state index contributed by atoms with van der Waals surface area (Å²) >= 11 is 1.54. The topological polar surface area (TPSA) is 43.1 Å². The van der Waals surface area contributed by atoms with Crippen LogP contribution in [0.25, 0.3) is 5.52 Å². The first kappa shape index (κ1) is 10.4. The second kappa shape index (κ2) is 4.18. The number of thioether (sulfide) groups is 1. The number of hydrogen-bond donors (Lipinski definition) is 0. The van der Waals surface area contributed by atoms with E-state index in [0.29, 0.717) is 5.92 Å². The number of rotatable bonds is 3. The van der Waals surface area contributed by atoms with Crippen LogP contribution in [-0.4, -0.2) is 25.8 Å². The van der Waals surface area contributed by atoms with Crippen molar-refractivity contribution in [3.05, 3.63) is 18.2 Å². The standard InChI is InChI=1S/C10H14N4S/c1-4-7(2)9-11-5-8-6-12-10(15-3)13-14(8)9/h5-7H,4H2,1-3H3. The molecule has 0 bridgehead atoms. The van der Waals surface area contributed by atoms with Gasteiger partial charge in [0.15, 0.2) is 0 Å². The van der Waals surface area contributed by atoms with Crippen LogP contribution in [0.4, 0.5) is 0 Å². The second-order valence-corrected chi connectivity index (χ2v) is 4.28. The van der Waals surface area contributed by atoms with Gasteiger partial charge in [-0.15, -0.1) is 5.10 Å². The van der Waals surface area contributed by atoms with Gasteiger partial charge in [0.25, 0.3) is 0 Å². The lowest BCUT2D eigenvalue weighted by Gasteiger charge is -2.06. The van der Waals surface area contributed by atoms with Crippen molar-refractivity contribution in [2.45, 2.75) is 31.3 Å². The summed E-state index contributed by atoms with van der Waals surface area (Å²) in [4.78, 5) is 8.61. The normalized spacial score (nSPS) is 13.3. The molecule has 0 spiro atoms. The molecule has 2 heterocycles.